The second-order valence-electron chi connectivity index (χ2n) is 15.7. The number of amides is 2. The number of ether oxygens (including phenoxy) is 2. The summed E-state index contributed by atoms with van der Waals surface area (Å²) in [6.45, 7) is 15.5. The van der Waals surface area contributed by atoms with Crippen molar-refractivity contribution in [2.75, 3.05) is 25.5 Å². The zero-order chi connectivity index (χ0) is 36.9. The number of hydrogen-bond donors (Lipinski definition) is 2. The Morgan fingerprint density at radius 3 is 2.29 bits per heavy atom. The van der Waals surface area contributed by atoms with Crippen molar-refractivity contribution < 1.29 is 23.9 Å². The van der Waals surface area contributed by atoms with Gasteiger partial charge in [0.05, 0.1) is 22.8 Å². The van der Waals surface area contributed by atoms with Gasteiger partial charge in [0, 0.05) is 47.4 Å². The first-order chi connectivity index (χ1) is 24.1. The largest absolute Gasteiger partial charge is 0.444 e. The minimum atomic E-state index is -0.663. The standard InChI is InChI=1S/C39H55N7O5/c1-26-29-18-17-27(22-32(29)45(43-26)21-14-12-10-9-11-13-19-40-36(48)50-38(2,3)4)35(47)42-34-24-31-28(25-41-34)23-33(30-16-15-20-44(30)8)46(31)37(49)51-39(5,6)7/h17-18,22-25,30H,9-16,19-21H2,1-8H3,(H,40,48)(H,41,42,47)/t30-/m0/s1. The van der Waals surface area contributed by atoms with Crippen LogP contribution >= 0.6 is 0 Å². The molecule has 2 amide bonds. The predicted molar refractivity (Wildman–Crippen MR) is 200 cm³/mol. The Bertz CT molecular complexity index is 1860. The Labute approximate surface area is 301 Å². The molecule has 2 N–H and O–H groups in total. The van der Waals surface area contributed by atoms with E-state index in [-0.39, 0.29) is 18.0 Å². The van der Waals surface area contributed by atoms with Crippen LogP contribution < -0.4 is 10.6 Å². The summed E-state index contributed by atoms with van der Waals surface area (Å²) in [4.78, 5) is 45.7. The second-order valence-corrected chi connectivity index (χ2v) is 15.7. The molecule has 1 aromatic carbocycles. The fourth-order valence-corrected chi connectivity index (χ4v) is 6.67. The zero-order valence-electron chi connectivity index (χ0n) is 31.6. The molecule has 0 bridgehead atoms. The topological polar surface area (TPSA) is 133 Å². The normalized spacial score (nSPS) is 15.4. The maximum Gasteiger partial charge on any atom is 0.419 e. The summed E-state index contributed by atoms with van der Waals surface area (Å²) in [7, 11) is 2.07. The van der Waals surface area contributed by atoms with Gasteiger partial charge in [-0.1, -0.05) is 31.7 Å². The molecule has 0 saturated carbocycles. The zero-order valence-corrected chi connectivity index (χ0v) is 31.6. The quantitative estimate of drug-likeness (QED) is 0.141. The van der Waals surface area contributed by atoms with Crippen molar-refractivity contribution in [3.63, 3.8) is 0 Å². The Kier molecular flexibility index (Phi) is 11.7. The van der Waals surface area contributed by atoms with Gasteiger partial charge in [-0.2, -0.15) is 5.10 Å². The molecule has 0 spiro atoms. The van der Waals surface area contributed by atoms with Gasteiger partial charge in [0.2, 0.25) is 0 Å². The molecule has 12 heteroatoms. The monoisotopic (exact) mass is 701 g/mol. The molecule has 1 aliphatic rings. The van der Waals surface area contributed by atoms with E-state index in [4.69, 9.17) is 14.6 Å². The molecule has 0 unspecified atom stereocenters. The molecule has 1 aliphatic heterocycles. The number of nitrogens with zero attached hydrogens (tertiary/aromatic N) is 5. The van der Waals surface area contributed by atoms with Crippen molar-refractivity contribution in [2.24, 2.45) is 0 Å². The first kappa shape index (κ1) is 37.8. The number of pyridine rings is 1. The van der Waals surface area contributed by atoms with E-state index >= 15 is 0 Å². The number of hydrogen-bond acceptors (Lipinski definition) is 8. The third kappa shape index (κ3) is 9.87. The number of fused-ring (bicyclic) bond motifs is 2. The lowest BCUT2D eigenvalue weighted by molar-refractivity contribution is 0.0518. The molecule has 4 aromatic rings. The van der Waals surface area contributed by atoms with Crippen LogP contribution in [0.4, 0.5) is 15.4 Å². The van der Waals surface area contributed by atoms with Gasteiger partial charge in [-0.05, 0) is 106 Å². The molecule has 0 aliphatic carbocycles. The van der Waals surface area contributed by atoms with Crippen LogP contribution in [0.1, 0.15) is 121 Å². The number of nitrogens with one attached hydrogen (secondary N) is 2. The van der Waals surface area contributed by atoms with E-state index in [2.05, 4.69) is 27.6 Å². The minimum absolute atomic E-state index is 0.0859. The van der Waals surface area contributed by atoms with Crippen LogP contribution in [0.2, 0.25) is 0 Å². The Balaban J connectivity index is 1.21. The highest BCUT2D eigenvalue weighted by Crippen LogP contribution is 2.35. The van der Waals surface area contributed by atoms with Crippen LogP contribution in [-0.2, 0) is 16.0 Å². The number of alkyl carbamates (subject to hydrolysis) is 1. The third-order valence-corrected chi connectivity index (χ3v) is 9.06. The highest BCUT2D eigenvalue weighted by atomic mass is 16.6. The van der Waals surface area contributed by atoms with Crippen LogP contribution in [0.5, 0.6) is 0 Å². The van der Waals surface area contributed by atoms with Gasteiger partial charge in [0.15, 0.2) is 0 Å². The molecule has 0 radical (unpaired) electrons. The number of benzene rings is 1. The van der Waals surface area contributed by atoms with Crippen LogP contribution in [0.25, 0.3) is 21.8 Å². The van der Waals surface area contributed by atoms with E-state index in [1.54, 1.807) is 16.8 Å². The third-order valence-electron chi connectivity index (χ3n) is 9.06. The summed E-state index contributed by atoms with van der Waals surface area (Å²) < 4.78 is 14.7. The highest BCUT2D eigenvalue weighted by Gasteiger charge is 2.31. The van der Waals surface area contributed by atoms with E-state index in [0.717, 1.165) is 92.1 Å². The molecule has 1 fully saturated rings. The molecule has 12 nitrogen and oxygen atoms in total. The van der Waals surface area contributed by atoms with Crippen LogP contribution in [0.3, 0.4) is 0 Å². The number of aryl methyl sites for hydroxylation is 2. The maximum atomic E-state index is 13.6. The molecular formula is C39H55N7O5. The Morgan fingerprint density at radius 2 is 1.61 bits per heavy atom. The molecule has 1 saturated heterocycles. The van der Waals surface area contributed by atoms with Gasteiger partial charge in [0.1, 0.15) is 17.0 Å². The molecule has 4 heterocycles. The van der Waals surface area contributed by atoms with Gasteiger partial charge in [0.25, 0.3) is 5.91 Å². The van der Waals surface area contributed by atoms with Gasteiger partial charge in [-0.25, -0.2) is 19.1 Å². The number of carbonyl (C=O) groups is 3. The number of likely N-dealkylation sites (tertiary alicyclic amines) is 1. The van der Waals surface area contributed by atoms with E-state index in [1.807, 2.05) is 77.4 Å². The smallest absolute Gasteiger partial charge is 0.419 e. The lowest BCUT2D eigenvalue weighted by Gasteiger charge is -2.24. The molecule has 276 valence electrons. The number of anilines is 1. The first-order valence-corrected chi connectivity index (χ1v) is 18.3. The van der Waals surface area contributed by atoms with Crippen LogP contribution in [-0.4, -0.2) is 73.7 Å². The van der Waals surface area contributed by atoms with E-state index < -0.39 is 17.3 Å². The van der Waals surface area contributed by atoms with Crippen molar-refractivity contribution in [2.45, 2.75) is 124 Å². The van der Waals surface area contributed by atoms with Crippen molar-refractivity contribution in [3.8, 4) is 0 Å². The predicted octanol–water partition coefficient (Wildman–Crippen LogP) is 8.36. The summed E-state index contributed by atoms with van der Waals surface area (Å²) in [5, 5.41) is 12.4. The van der Waals surface area contributed by atoms with E-state index in [0.29, 0.717) is 23.4 Å². The van der Waals surface area contributed by atoms with Crippen molar-refractivity contribution in [1.29, 1.82) is 0 Å². The summed E-state index contributed by atoms with van der Waals surface area (Å²) in [6.07, 6.45) is 9.10. The van der Waals surface area contributed by atoms with Gasteiger partial charge in [-0.3, -0.25) is 14.4 Å². The minimum Gasteiger partial charge on any atom is -0.444 e. The molecule has 3 aromatic heterocycles. The van der Waals surface area contributed by atoms with Gasteiger partial charge < -0.3 is 20.1 Å². The average Bonchev–Trinajstić information content (AvgIpc) is 3.72. The fourth-order valence-electron chi connectivity index (χ4n) is 6.67. The Morgan fingerprint density at radius 1 is 0.902 bits per heavy atom. The highest BCUT2D eigenvalue weighted by molar-refractivity contribution is 6.06. The van der Waals surface area contributed by atoms with Gasteiger partial charge >= 0.3 is 12.2 Å². The first-order valence-electron chi connectivity index (χ1n) is 18.3. The number of aromatic nitrogens is 4. The SMILES string of the molecule is Cc1nn(CCCCCCCCNC(=O)OC(C)(C)C)c2cc(C(=O)Nc3cc4c(cn3)cc([C@@H]3CCCN3C)n4C(=O)OC(C)(C)C)ccc12. The molecular weight excluding hydrogens is 646 g/mol. The second kappa shape index (κ2) is 15.8. The average molecular weight is 702 g/mol. The lowest BCUT2D eigenvalue weighted by Crippen LogP contribution is -2.32. The van der Waals surface area contributed by atoms with E-state index in [9.17, 15) is 14.4 Å². The number of rotatable bonds is 12. The van der Waals surface area contributed by atoms with Crippen molar-refractivity contribution >= 4 is 45.7 Å². The van der Waals surface area contributed by atoms with Crippen LogP contribution in [0.15, 0.2) is 36.5 Å². The summed E-state index contributed by atoms with van der Waals surface area (Å²) in [6, 6.07) is 9.49. The van der Waals surface area contributed by atoms with Gasteiger partial charge in [-0.15, -0.1) is 0 Å². The Hall–Kier alpha value is -4.45. The number of unbranched alkanes of at least 4 members (excludes halogenated alkanes) is 5. The fraction of sp³-hybridized carbons (Fsp3) is 0.564. The van der Waals surface area contributed by atoms with Crippen molar-refractivity contribution in [3.05, 3.63) is 53.5 Å². The molecule has 5 rings (SSSR count). The number of carbonyl (C=O) groups excluding carboxylic acids is 3. The van der Waals surface area contributed by atoms with Crippen LogP contribution in [0, 0.1) is 6.92 Å². The summed E-state index contributed by atoms with van der Waals surface area (Å²) >= 11 is 0. The van der Waals surface area contributed by atoms with Crippen molar-refractivity contribution in [1.82, 2.24) is 29.5 Å². The molecule has 1 atom stereocenters. The van der Waals surface area contributed by atoms with E-state index in [1.165, 1.54) is 0 Å². The summed E-state index contributed by atoms with van der Waals surface area (Å²) in [5.74, 6) is 0.0635. The summed E-state index contributed by atoms with van der Waals surface area (Å²) in [5.41, 5.74) is 2.71. The lowest BCUT2D eigenvalue weighted by atomic mass is 10.1. The maximum absolute atomic E-state index is 13.6. The molecule has 51 heavy (non-hydrogen) atoms.